The van der Waals surface area contributed by atoms with Crippen LogP contribution in [0.1, 0.15) is 55.6 Å². The summed E-state index contributed by atoms with van der Waals surface area (Å²) in [7, 11) is 0. The van der Waals surface area contributed by atoms with Gasteiger partial charge in [0, 0.05) is 31.9 Å². The van der Waals surface area contributed by atoms with Gasteiger partial charge >= 0.3 is 12.1 Å². The zero-order valence-corrected chi connectivity index (χ0v) is 19.2. The number of rotatable bonds is 13. The minimum atomic E-state index is -1.15. The van der Waals surface area contributed by atoms with Crippen molar-refractivity contribution in [1.82, 2.24) is 10.6 Å². The lowest BCUT2D eigenvalue weighted by Gasteiger charge is -2.14. The lowest BCUT2D eigenvalue weighted by Crippen LogP contribution is -2.41. The van der Waals surface area contributed by atoms with E-state index >= 15 is 0 Å². The van der Waals surface area contributed by atoms with E-state index in [0.29, 0.717) is 13.0 Å². The number of benzene rings is 2. The van der Waals surface area contributed by atoms with E-state index in [1.807, 2.05) is 24.3 Å². The second-order valence-corrected chi connectivity index (χ2v) is 8.39. The third kappa shape index (κ3) is 6.81. The molecule has 0 bridgehead atoms. The van der Waals surface area contributed by atoms with Gasteiger partial charge in [0.25, 0.3) is 0 Å². The molecule has 4 N–H and O–H groups in total. The van der Waals surface area contributed by atoms with Crippen LogP contribution >= 0.6 is 0 Å². The standard InChI is InChI=1S/C26H32N2O6/c29-16-14-23(25(31)32)28-24(30)13-3-1-2-8-15-27-26(33)34-17-22-20-11-6-4-9-18(20)19-10-5-7-12-21(19)22/h4-7,9-12,22-23,29H,1-3,8,13-17H2,(H,27,33)(H,28,30)(H,31,32)/t23-/m0/s1. The van der Waals surface area contributed by atoms with Crippen molar-refractivity contribution in [2.75, 3.05) is 19.8 Å². The molecule has 0 saturated heterocycles. The molecule has 3 rings (SSSR count). The van der Waals surface area contributed by atoms with Crippen LogP contribution in [0.25, 0.3) is 11.1 Å². The molecule has 8 heteroatoms. The summed E-state index contributed by atoms with van der Waals surface area (Å²) in [5.41, 5.74) is 4.72. The van der Waals surface area contributed by atoms with Crippen molar-refractivity contribution in [1.29, 1.82) is 0 Å². The van der Waals surface area contributed by atoms with Crippen molar-refractivity contribution in [3.63, 3.8) is 0 Å². The number of ether oxygens (including phenoxy) is 1. The second-order valence-electron chi connectivity index (χ2n) is 8.39. The Morgan fingerprint density at radius 2 is 1.53 bits per heavy atom. The van der Waals surface area contributed by atoms with E-state index in [1.165, 1.54) is 22.3 Å². The molecule has 1 aliphatic rings. The molecule has 0 aromatic heterocycles. The van der Waals surface area contributed by atoms with Crippen LogP contribution in [0.15, 0.2) is 48.5 Å². The maximum atomic E-state index is 12.2. The Hall–Kier alpha value is -3.39. The lowest BCUT2D eigenvalue weighted by molar-refractivity contribution is -0.142. The van der Waals surface area contributed by atoms with Crippen molar-refractivity contribution in [2.24, 2.45) is 0 Å². The number of aliphatic hydroxyl groups is 1. The van der Waals surface area contributed by atoms with Gasteiger partial charge in [0.2, 0.25) is 5.91 Å². The number of unbranched alkanes of at least 4 members (excludes halogenated alkanes) is 3. The number of carbonyl (C=O) groups excluding carboxylic acids is 2. The highest BCUT2D eigenvalue weighted by Crippen LogP contribution is 2.44. The molecule has 1 atom stereocenters. The molecule has 0 radical (unpaired) electrons. The van der Waals surface area contributed by atoms with Crippen LogP contribution in [0.4, 0.5) is 4.79 Å². The molecular weight excluding hydrogens is 436 g/mol. The summed E-state index contributed by atoms with van der Waals surface area (Å²) in [6, 6.07) is 15.3. The van der Waals surface area contributed by atoms with Gasteiger partial charge in [-0.15, -0.1) is 0 Å². The van der Waals surface area contributed by atoms with Gasteiger partial charge in [-0.25, -0.2) is 9.59 Å². The molecule has 8 nitrogen and oxygen atoms in total. The lowest BCUT2D eigenvalue weighted by atomic mass is 9.98. The third-order valence-electron chi connectivity index (χ3n) is 5.99. The summed E-state index contributed by atoms with van der Waals surface area (Å²) < 4.78 is 5.51. The smallest absolute Gasteiger partial charge is 0.407 e. The van der Waals surface area contributed by atoms with Gasteiger partial charge in [-0.3, -0.25) is 4.79 Å². The highest BCUT2D eigenvalue weighted by molar-refractivity contribution is 5.83. The molecule has 1 aliphatic carbocycles. The quantitative estimate of drug-likeness (QED) is 0.334. The first-order chi connectivity index (χ1) is 16.5. The van der Waals surface area contributed by atoms with Gasteiger partial charge in [0.05, 0.1) is 0 Å². The zero-order valence-electron chi connectivity index (χ0n) is 19.2. The normalized spacial score (nSPS) is 13.0. The summed E-state index contributed by atoms with van der Waals surface area (Å²) in [5, 5.41) is 23.0. The van der Waals surface area contributed by atoms with Crippen LogP contribution in [-0.2, 0) is 14.3 Å². The first-order valence-corrected chi connectivity index (χ1v) is 11.7. The van der Waals surface area contributed by atoms with Gasteiger partial charge in [0.15, 0.2) is 0 Å². The fourth-order valence-corrected chi connectivity index (χ4v) is 4.26. The molecule has 34 heavy (non-hydrogen) atoms. The van der Waals surface area contributed by atoms with Crippen LogP contribution in [-0.4, -0.2) is 54.0 Å². The second kappa shape index (κ2) is 12.7. The Bertz CT molecular complexity index is 947. The minimum absolute atomic E-state index is 0.0113. The fourth-order valence-electron chi connectivity index (χ4n) is 4.26. The third-order valence-corrected chi connectivity index (χ3v) is 5.99. The van der Waals surface area contributed by atoms with E-state index in [0.717, 1.165) is 19.3 Å². The van der Waals surface area contributed by atoms with Gasteiger partial charge < -0.3 is 25.6 Å². The number of hydrogen-bond donors (Lipinski definition) is 4. The summed E-state index contributed by atoms with van der Waals surface area (Å²) in [6.45, 7) is 0.469. The zero-order chi connectivity index (χ0) is 24.3. The number of aliphatic hydroxyl groups excluding tert-OH is 1. The van der Waals surface area contributed by atoms with Gasteiger partial charge in [-0.2, -0.15) is 0 Å². The van der Waals surface area contributed by atoms with Gasteiger partial charge in [-0.05, 0) is 35.1 Å². The van der Waals surface area contributed by atoms with Crippen LogP contribution < -0.4 is 10.6 Å². The predicted molar refractivity (Wildman–Crippen MR) is 127 cm³/mol. The Morgan fingerprint density at radius 1 is 0.912 bits per heavy atom. The van der Waals surface area contributed by atoms with E-state index < -0.39 is 18.1 Å². The van der Waals surface area contributed by atoms with E-state index in [2.05, 4.69) is 34.9 Å². The number of alkyl carbamates (subject to hydrolysis) is 1. The molecule has 0 saturated carbocycles. The van der Waals surface area contributed by atoms with Crippen molar-refractivity contribution in [2.45, 2.75) is 50.5 Å². The van der Waals surface area contributed by atoms with Crippen LogP contribution in [0.3, 0.4) is 0 Å². The number of aliphatic carboxylic acids is 1. The number of carbonyl (C=O) groups is 3. The molecule has 0 unspecified atom stereocenters. The Balaban J connectivity index is 1.30. The molecule has 0 spiro atoms. The Kier molecular flexibility index (Phi) is 9.46. The molecular formula is C26H32N2O6. The van der Waals surface area contributed by atoms with E-state index in [1.54, 1.807) is 0 Å². The molecule has 182 valence electrons. The van der Waals surface area contributed by atoms with Crippen molar-refractivity contribution >= 4 is 18.0 Å². The number of amides is 2. The van der Waals surface area contributed by atoms with Crippen LogP contribution in [0.5, 0.6) is 0 Å². The molecule has 0 fully saturated rings. The molecule has 2 amide bonds. The number of hydrogen-bond acceptors (Lipinski definition) is 5. The van der Waals surface area contributed by atoms with Gasteiger partial charge in [0.1, 0.15) is 12.6 Å². The first kappa shape index (κ1) is 25.2. The van der Waals surface area contributed by atoms with Crippen LogP contribution in [0.2, 0.25) is 0 Å². The summed E-state index contributed by atoms with van der Waals surface area (Å²) >= 11 is 0. The van der Waals surface area contributed by atoms with Crippen LogP contribution in [0, 0.1) is 0 Å². The van der Waals surface area contributed by atoms with E-state index in [9.17, 15) is 14.4 Å². The molecule has 2 aromatic rings. The fraction of sp³-hybridized carbons (Fsp3) is 0.423. The predicted octanol–water partition coefficient (Wildman–Crippen LogP) is 3.43. The maximum Gasteiger partial charge on any atom is 0.407 e. The van der Waals surface area contributed by atoms with Crippen molar-refractivity contribution in [3.8, 4) is 11.1 Å². The average Bonchev–Trinajstić information content (AvgIpc) is 3.15. The summed E-state index contributed by atoms with van der Waals surface area (Å²) in [5.74, 6) is -1.46. The maximum absolute atomic E-state index is 12.2. The highest BCUT2D eigenvalue weighted by atomic mass is 16.5. The molecule has 0 heterocycles. The largest absolute Gasteiger partial charge is 0.480 e. The molecule has 2 aromatic carbocycles. The molecule has 0 aliphatic heterocycles. The monoisotopic (exact) mass is 468 g/mol. The highest BCUT2D eigenvalue weighted by Gasteiger charge is 2.28. The summed E-state index contributed by atoms with van der Waals surface area (Å²) in [4.78, 5) is 35.0. The Labute approximate surface area is 199 Å². The van der Waals surface area contributed by atoms with Crippen molar-refractivity contribution < 1.29 is 29.3 Å². The number of carboxylic acids is 1. The summed E-state index contributed by atoms with van der Waals surface area (Å²) in [6.07, 6.45) is 2.78. The van der Waals surface area contributed by atoms with E-state index in [4.69, 9.17) is 14.9 Å². The van der Waals surface area contributed by atoms with Crippen molar-refractivity contribution in [3.05, 3.63) is 59.7 Å². The SMILES string of the molecule is O=C(CCCCCCNC(=O)OCC1c2ccccc2-c2ccccc21)N[C@@H](CCO)C(=O)O. The first-order valence-electron chi connectivity index (χ1n) is 11.7. The number of carboxylic acid groups (broad SMARTS) is 1. The Morgan fingerprint density at radius 3 is 2.15 bits per heavy atom. The topological polar surface area (TPSA) is 125 Å². The number of nitrogens with one attached hydrogen (secondary N) is 2. The van der Waals surface area contributed by atoms with Gasteiger partial charge in [-0.1, -0.05) is 61.4 Å². The number of fused-ring (bicyclic) bond motifs is 3. The minimum Gasteiger partial charge on any atom is -0.480 e. The van der Waals surface area contributed by atoms with E-state index in [-0.39, 0.29) is 37.9 Å². The average molecular weight is 469 g/mol.